The number of carbonyl (C=O) groups excluding carboxylic acids is 1. The molecule has 1 aromatic rings. The third-order valence-corrected chi connectivity index (χ3v) is 2.97. The maximum Gasteiger partial charge on any atom is 0.359 e. The van der Waals surface area contributed by atoms with Crippen LogP contribution in [0.15, 0.2) is 18.2 Å². The molecule has 0 unspecified atom stereocenters. The van der Waals surface area contributed by atoms with E-state index in [2.05, 4.69) is 15.9 Å². The summed E-state index contributed by atoms with van der Waals surface area (Å²) in [6.45, 7) is 1.94. The Morgan fingerprint density at radius 2 is 2.13 bits per heavy atom. The summed E-state index contributed by atoms with van der Waals surface area (Å²) in [6, 6.07) is 5.90. The molecule has 0 saturated heterocycles. The largest absolute Gasteiger partial charge is 0.359 e. The van der Waals surface area contributed by atoms with Crippen molar-refractivity contribution >= 4 is 21.9 Å². The first-order valence-electron chi connectivity index (χ1n) is 4.98. The number of alkyl halides is 1. The van der Waals surface area contributed by atoms with Crippen LogP contribution in [0.2, 0.25) is 0 Å². The van der Waals surface area contributed by atoms with E-state index in [-0.39, 0.29) is 6.42 Å². The van der Waals surface area contributed by atoms with E-state index in [4.69, 9.17) is 0 Å². The fourth-order valence-electron chi connectivity index (χ4n) is 1.65. The molecule has 0 aliphatic carbocycles. The van der Waals surface area contributed by atoms with Crippen LogP contribution in [0.25, 0.3) is 0 Å². The lowest BCUT2D eigenvalue weighted by Gasteiger charge is -2.09. The fraction of sp³-hybridized carbons (Fsp3) is 0.417. The number of carbonyl (C=O) groups is 1. The van der Waals surface area contributed by atoms with Gasteiger partial charge in [0.25, 0.3) is 0 Å². The molecule has 2 nitrogen and oxygen atoms in total. The Morgan fingerprint density at radius 1 is 1.40 bits per heavy atom. The van der Waals surface area contributed by atoms with Crippen LogP contribution in [-0.4, -0.2) is 11.3 Å². The summed E-state index contributed by atoms with van der Waals surface area (Å²) in [5.41, 5.74) is 3.07. The minimum Gasteiger partial charge on any atom is -0.247 e. The SMILES string of the molecule is Cc1cccc(CCCBr)c1CC([O])=O. The fourth-order valence-corrected chi connectivity index (χ4v) is 1.93. The molecule has 0 N–H and O–H groups in total. The molecule has 0 aromatic heterocycles. The lowest BCUT2D eigenvalue weighted by atomic mass is 9.96. The molecule has 1 radical (unpaired) electrons. The number of rotatable bonds is 5. The monoisotopic (exact) mass is 269 g/mol. The second-order valence-corrected chi connectivity index (χ2v) is 4.35. The van der Waals surface area contributed by atoms with Gasteiger partial charge in [-0.25, -0.2) is 9.90 Å². The minimum absolute atomic E-state index is 0.0181. The maximum atomic E-state index is 10.6. The average Bonchev–Trinajstić information content (AvgIpc) is 2.18. The van der Waals surface area contributed by atoms with Gasteiger partial charge in [0.2, 0.25) is 0 Å². The van der Waals surface area contributed by atoms with Crippen LogP contribution in [0.4, 0.5) is 0 Å². The summed E-state index contributed by atoms with van der Waals surface area (Å²) < 4.78 is 0. The van der Waals surface area contributed by atoms with Crippen molar-refractivity contribution in [3.05, 3.63) is 34.9 Å². The summed E-state index contributed by atoms with van der Waals surface area (Å²) in [4.78, 5) is 10.6. The van der Waals surface area contributed by atoms with E-state index in [1.54, 1.807) is 0 Å². The first-order valence-corrected chi connectivity index (χ1v) is 6.10. The Kier molecular flexibility index (Phi) is 4.82. The van der Waals surface area contributed by atoms with E-state index >= 15 is 0 Å². The standard InChI is InChI=1S/C12H14BrO2/c1-9-4-2-5-10(6-3-7-13)11(9)8-12(14)15/h2,4-5H,3,6-8H2,1H3. The number of hydrogen-bond acceptors (Lipinski definition) is 1. The zero-order valence-electron chi connectivity index (χ0n) is 8.75. The Balaban J connectivity index is 2.92. The minimum atomic E-state index is -1.01. The highest BCUT2D eigenvalue weighted by Gasteiger charge is 2.10. The molecule has 0 bridgehead atoms. The molecule has 1 aromatic carbocycles. The second-order valence-electron chi connectivity index (χ2n) is 3.55. The van der Waals surface area contributed by atoms with E-state index in [0.29, 0.717) is 0 Å². The molecule has 0 atom stereocenters. The van der Waals surface area contributed by atoms with Gasteiger partial charge < -0.3 is 0 Å². The van der Waals surface area contributed by atoms with Crippen molar-refractivity contribution in [2.24, 2.45) is 0 Å². The summed E-state index contributed by atoms with van der Waals surface area (Å²) in [6.07, 6.45) is 1.95. The molecule has 15 heavy (non-hydrogen) atoms. The van der Waals surface area contributed by atoms with Crippen molar-refractivity contribution in [3.63, 3.8) is 0 Å². The van der Waals surface area contributed by atoms with Gasteiger partial charge in [-0.05, 0) is 36.5 Å². The van der Waals surface area contributed by atoms with Gasteiger partial charge in [0.1, 0.15) is 0 Å². The molecule has 0 spiro atoms. The summed E-state index contributed by atoms with van der Waals surface area (Å²) in [5.74, 6) is -1.01. The highest BCUT2D eigenvalue weighted by atomic mass is 79.9. The predicted molar refractivity (Wildman–Crippen MR) is 62.7 cm³/mol. The Morgan fingerprint density at radius 3 is 2.73 bits per heavy atom. The molecule has 0 amide bonds. The van der Waals surface area contributed by atoms with Crippen molar-refractivity contribution in [3.8, 4) is 0 Å². The van der Waals surface area contributed by atoms with Gasteiger partial charge in [-0.1, -0.05) is 34.1 Å². The summed E-state index contributed by atoms with van der Waals surface area (Å²) >= 11 is 3.37. The van der Waals surface area contributed by atoms with Gasteiger partial charge in [-0.15, -0.1) is 0 Å². The van der Waals surface area contributed by atoms with E-state index in [1.807, 2.05) is 25.1 Å². The van der Waals surface area contributed by atoms with Crippen LogP contribution >= 0.6 is 15.9 Å². The predicted octanol–water partition coefficient (Wildman–Crippen LogP) is 2.82. The van der Waals surface area contributed by atoms with Crippen LogP contribution in [0.3, 0.4) is 0 Å². The summed E-state index contributed by atoms with van der Waals surface area (Å²) in [7, 11) is 0. The number of benzene rings is 1. The molecule has 0 heterocycles. The van der Waals surface area contributed by atoms with E-state index in [9.17, 15) is 9.90 Å². The third-order valence-electron chi connectivity index (χ3n) is 2.41. The molecule has 81 valence electrons. The van der Waals surface area contributed by atoms with Crippen LogP contribution < -0.4 is 0 Å². The lowest BCUT2D eigenvalue weighted by Crippen LogP contribution is -2.05. The van der Waals surface area contributed by atoms with Gasteiger partial charge in [0, 0.05) is 5.33 Å². The van der Waals surface area contributed by atoms with E-state index in [0.717, 1.165) is 34.9 Å². The summed E-state index contributed by atoms with van der Waals surface area (Å²) in [5, 5.41) is 11.6. The highest BCUT2D eigenvalue weighted by Crippen LogP contribution is 2.17. The Bertz CT molecular complexity index is 347. The van der Waals surface area contributed by atoms with Gasteiger partial charge in [-0.2, -0.15) is 0 Å². The van der Waals surface area contributed by atoms with Crippen molar-refractivity contribution in [2.45, 2.75) is 26.2 Å². The third kappa shape index (κ3) is 3.67. The molecule has 0 fully saturated rings. The molecule has 0 aliphatic heterocycles. The van der Waals surface area contributed by atoms with Gasteiger partial charge in [0.15, 0.2) is 0 Å². The first-order chi connectivity index (χ1) is 7.15. The zero-order chi connectivity index (χ0) is 11.3. The maximum absolute atomic E-state index is 10.6. The van der Waals surface area contributed by atoms with E-state index in [1.165, 1.54) is 0 Å². The Labute approximate surface area is 98.4 Å². The topological polar surface area (TPSA) is 37.0 Å². The van der Waals surface area contributed by atoms with Gasteiger partial charge >= 0.3 is 5.97 Å². The molecule has 1 rings (SSSR count). The number of hydrogen-bond donors (Lipinski definition) is 0. The normalized spacial score (nSPS) is 10.3. The van der Waals surface area contributed by atoms with Crippen molar-refractivity contribution in [2.75, 3.05) is 5.33 Å². The van der Waals surface area contributed by atoms with Crippen LogP contribution in [0, 0.1) is 6.92 Å². The molecular weight excluding hydrogens is 256 g/mol. The van der Waals surface area contributed by atoms with E-state index < -0.39 is 5.97 Å². The first kappa shape index (κ1) is 12.2. The van der Waals surface area contributed by atoms with Gasteiger partial charge in [0.05, 0.1) is 6.42 Å². The van der Waals surface area contributed by atoms with Crippen molar-refractivity contribution < 1.29 is 9.90 Å². The van der Waals surface area contributed by atoms with Crippen LogP contribution in [0.5, 0.6) is 0 Å². The Hall–Kier alpha value is -0.830. The molecular formula is C12H14BrO2. The highest BCUT2D eigenvalue weighted by molar-refractivity contribution is 9.09. The molecule has 0 aliphatic rings. The zero-order valence-corrected chi connectivity index (χ0v) is 10.3. The van der Waals surface area contributed by atoms with Gasteiger partial charge in [-0.3, -0.25) is 0 Å². The quantitative estimate of drug-likeness (QED) is 0.758. The van der Waals surface area contributed by atoms with Crippen molar-refractivity contribution in [1.82, 2.24) is 0 Å². The average molecular weight is 270 g/mol. The lowest BCUT2D eigenvalue weighted by molar-refractivity contribution is -0.142. The van der Waals surface area contributed by atoms with Crippen molar-refractivity contribution in [1.29, 1.82) is 0 Å². The van der Waals surface area contributed by atoms with Crippen LogP contribution in [-0.2, 0) is 22.7 Å². The smallest absolute Gasteiger partial charge is 0.247 e. The molecule has 3 heteroatoms. The number of halogens is 1. The number of aryl methyl sites for hydroxylation is 2. The van der Waals surface area contributed by atoms with Crippen LogP contribution in [0.1, 0.15) is 23.1 Å². The molecule has 0 saturated carbocycles. The second kappa shape index (κ2) is 5.91.